The van der Waals surface area contributed by atoms with Gasteiger partial charge in [-0.3, -0.25) is 0 Å². The van der Waals surface area contributed by atoms with E-state index in [4.69, 9.17) is 0 Å². The monoisotopic (exact) mass is 195 g/mol. The van der Waals surface area contributed by atoms with Crippen LogP contribution in [0.2, 0.25) is 0 Å². The fraction of sp³-hybridized carbons (Fsp3) is 0.182. The molecular formula is C11H12V. The van der Waals surface area contributed by atoms with Gasteiger partial charge in [0.15, 0.2) is 0 Å². The fourth-order valence-electron chi connectivity index (χ4n) is 1.03. The summed E-state index contributed by atoms with van der Waals surface area (Å²) in [6, 6.07) is 8.39. The predicted molar refractivity (Wildman–Crippen MR) is 50.9 cm³/mol. The molecule has 0 spiro atoms. The number of hydrogen-bond acceptors (Lipinski definition) is 0. The standard InChI is InChI=1S/C11H12.V/c1-9(2)8-11-7-5-4-6-10(11)3;/h1,4-8H,2-3H3;. The molecule has 0 unspecified atom stereocenters. The normalized spacial score (nSPS) is 11.2. The van der Waals surface area contributed by atoms with Gasteiger partial charge in [0.25, 0.3) is 0 Å². The minimum atomic E-state index is 1.28. The number of benzene rings is 1. The van der Waals surface area contributed by atoms with E-state index in [0.717, 1.165) is 0 Å². The first-order valence-electron chi connectivity index (χ1n) is 3.95. The Morgan fingerprint density at radius 2 is 2.00 bits per heavy atom. The van der Waals surface area contributed by atoms with E-state index in [0.29, 0.717) is 0 Å². The van der Waals surface area contributed by atoms with E-state index >= 15 is 0 Å². The van der Waals surface area contributed by atoms with Crippen molar-refractivity contribution in [2.75, 3.05) is 0 Å². The van der Waals surface area contributed by atoms with Gasteiger partial charge in [0.2, 0.25) is 0 Å². The van der Waals surface area contributed by atoms with Crippen LogP contribution in [0.1, 0.15) is 18.1 Å². The number of allylic oxidation sites excluding steroid dienone is 1. The molecule has 0 atom stereocenters. The molecule has 0 N–H and O–H groups in total. The zero-order chi connectivity index (χ0) is 8.97. The maximum absolute atomic E-state index is 2.47. The van der Waals surface area contributed by atoms with E-state index < -0.39 is 0 Å². The molecular weight excluding hydrogens is 183 g/mol. The van der Waals surface area contributed by atoms with E-state index in [1.165, 1.54) is 16.7 Å². The Bertz CT molecular complexity index is 311. The SMILES string of the molecule is CC([CH]=[V])=Cc1ccccc1C. The molecule has 0 radical (unpaired) electrons. The van der Waals surface area contributed by atoms with Crippen LogP contribution in [-0.4, -0.2) is 4.73 Å². The van der Waals surface area contributed by atoms with Gasteiger partial charge in [-0.15, -0.1) is 0 Å². The Morgan fingerprint density at radius 3 is 2.58 bits per heavy atom. The van der Waals surface area contributed by atoms with Crippen LogP contribution in [0.25, 0.3) is 6.08 Å². The van der Waals surface area contributed by atoms with Crippen LogP contribution in [0, 0.1) is 6.92 Å². The van der Waals surface area contributed by atoms with Crippen molar-refractivity contribution in [3.05, 3.63) is 41.0 Å². The first-order chi connectivity index (χ1) is 5.74. The number of hydrogen-bond donors (Lipinski definition) is 0. The molecule has 61 valence electrons. The molecule has 1 heteroatoms. The van der Waals surface area contributed by atoms with Gasteiger partial charge in [-0.05, 0) is 0 Å². The molecule has 0 heterocycles. The summed E-state index contributed by atoms with van der Waals surface area (Å²) in [6.45, 7) is 4.23. The van der Waals surface area contributed by atoms with Crippen LogP contribution in [0.4, 0.5) is 0 Å². The second-order valence-electron chi connectivity index (χ2n) is 2.87. The first kappa shape index (κ1) is 9.50. The summed E-state index contributed by atoms with van der Waals surface area (Å²) in [5, 5.41) is 0. The Kier molecular flexibility index (Phi) is 3.52. The minimum absolute atomic E-state index is 1.28. The van der Waals surface area contributed by atoms with Crippen molar-refractivity contribution < 1.29 is 17.0 Å². The van der Waals surface area contributed by atoms with E-state index in [2.05, 4.69) is 65.9 Å². The van der Waals surface area contributed by atoms with Crippen molar-refractivity contribution in [1.82, 2.24) is 0 Å². The molecule has 0 saturated carbocycles. The van der Waals surface area contributed by atoms with Crippen molar-refractivity contribution in [1.29, 1.82) is 0 Å². The zero-order valence-corrected chi connectivity index (χ0v) is 8.81. The van der Waals surface area contributed by atoms with Crippen LogP contribution in [0.3, 0.4) is 0 Å². The third kappa shape index (κ3) is 2.47. The Balaban J connectivity index is 3.04. The van der Waals surface area contributed by atoms with Gasteiger partial charge in [0, 0.05) is 0 Å². The van der Waals surface area contributed by atoms with Crippen molar-refractivity contribution in [2.45, 2.75) is 13.8 Å². The molecule has 1 rings (SSSR count). The van der Waals surface area contributed by atoms with Gasteiger partial charge in [-0.1, -0.05) is 0 Å². The number of aryl methyl sites for hydroxylation is 1. The summed E-state index contributed by atoms with van der Waals surface area (Å²) < 4.78 is 2.06. The molecule has 0 nitrogen and oxygen atoms in total. The van der Waals surface area contributed by atoms with Gasteiger partial charge in [0.05, 0.1) is 0 Å². The van der Waals surface area contributed by atoms with Crippen molar-refractivity contribution in [2.24, 2.45) is 0 Å². The Morgan fingerprint density at radius 1 is 1.33 bits per heavy atom. The molecule has 0 aliphatic heterocycles. The van der Waals surface area contributed by atoms with Gasteiger partial charge in [0.1, 0.15) is 0 Å². The van der Waals surface area contributed by atoms with Gasteiger partial charge in [-0.25, -0.2) is 0 Å². The first-order valence-corrected chi connectivity index (χ1v) is 4.76. The molecule has 0 aliphatic carbocycles. The average Bonchev–Trinajstić information content (AvgIpc) is 2.09. The Hall–Kier alpha value is -0.586. The van der Waals surface area contributed by atoms with E-state index in [-0.39, 0.29) is 0 Å². The molecule has 0 saturated heterocycles. The number of rotatable bonds is 2. The third-order valence-corrected chi connectivity index (χ3v) is 2.41. The summed E-state index contributed by atoms with van der Waals surface area (Å²) in [7, 11) is 0. The van der Waals surface area contributed by atoms with Crippen LogP contribution in [0.15, 0.2) is 29.8 Å². The maximum atomic E-state index is 2.47. The summed E-state index contributed by atoms with van der Waals surface area (Å²) in [5.74, 6) is 0. The fourth-order valence-corrected chi connectivity index (χ4v) is 1.15. The second-order valence-corrected chi connectivity index (χ2v) is 3.28. The summed E-state index contributed by atoms with van der Waals surface area (Å²) >= 11 is 2.47. The molecule has 12 heavy (non-hydrogen) atoms. The van der Waals surface area contributed by atoms with Gasteiger partial charge < -0.3 is 0 Å². The summed E-state index contributed by atoms with van der Waals surface area (Å²) in [6.07, 6.45) is 2.19. The van der Waals surface area contributed by atoms with Gasteiger partial charge in [-0.2, -0.15) is 0 Å². The van der Waals surface area contributed by atoms with Crippen molar-refractivity contribution in [3.63, 3.8) is 0 Å². The van der Waals surface area contributed by atoms with Crippen molar-refractivity contribution in [3.8, 4) is 0 Å². The summed E-state index contributed by atoms with van der Waals surface area (Å²) in [4.78, 5) is 0. The van der Waals surface area contributed by atoms with E-state index in [9.17, 15) is 0 Å². The quantitative estimate of drug-likeness (QED) is 0.680. The van der Waals surface area contributed by atoms with Crippen LogP contribution in [0.5, 0.6) is 0 Å². The molecule has 1 aromatic rings. The Labute approximate surface area is 82.8 Å². The van der Waals surface area contributed by atoms with Gasteiger partial charge >= 0.3 is 82.6 Å². The topological polar surface area (TPSA) is 0 Å². The third-order valence-electron chi connectivity index (χ3n) is 1.78. The van der Waals surface area contributed by atoms with E-state index in [1.807, 2.05) is 0 Å². The molecule has 0 bridgehead atoms. The average molecular weight is 195 g/mol. The molecule has 0 fully saturated rings. The zero-order valence-electron chi connectivity index (χ0n) is 7.41. The molecule has 1 aromatic carbocycles. The summed E-state index contributed by atoms with van der Waals surface area (Å²) in [5.41, 5.74) is 3.91. The van der Waals surface area contributed by atoms with Crippen LogP contribution >= 0.6 is 0 Å². The molecule has 0 aromatic heterocycles. The van der Waals surface area contributed by atoms with Crippen molar-refractivity contribution >= 4 is 10.8 Å². The molecule has 0 aliphatic rings. The van der Waals surface area contributed by atoms with Crippen LogP contribution < -0.4 is 0 Å². The van der Waals surface area contributed by atoms with E-state index in [1.54, 1.807) is 0 Å². The molecule has 0 amide bonds. The van der Waals surface area contributed by atoms with Crippen LogP contribution in [-0.2, 0) is 17.0 Å². The second kappa shape index (κ2) is 4.44. The predicted octanol–water partition coefficient (Wildman–Crippen LogP) is 2.75.